The van der Waals surface area contributed by atoms with Crippen LogP contribution < -0.4 is 4.74 Å². The lowest BCUT2D eigenvalue weighted by Crippen LogP contribution is -2.05. The predicted octanol–water partition coefficient (Wildman–Crippen LogP) is 4.89. The molecule has 2 rings (SSSR count). The molecule has 0 aromatic heterocycles. The molecule has 0 unspecified atom stereocenters. The molecular formula is C16H14Cl2O3. The van der Waals surface area contributed by atoms with Crippen LogP contribution in [-0.4, -0.2) is 11.1 Å². The number of hydrogen-bond donors (Lipinski definition) is 1. The number of aromatic carboxylic acids is 1. The Bertz CT molecular complexity index is 696. The van der Waals surface area contributed by atoms with E-state index >= 15 is 0 Å². The van der Waals surface area contributed by atoms with Crippen LogP contribution >= 0.6 is 23.2 Å². The molecule has 110 valence electrons. The normalized spacial score (nSPS) is 10.5. The maximum atomic E-state index is 11.3. The van der Waals surface area contributed by atoms with Gasteiger partial charge in [0.05, 0.1) is 5.02 Å². The fourth-order valence-electron chi connectivity index (χ4n) is 1.97. The van der Waals surface area contributed by atoms with Crippen molar-refractivity contribution in [1.29, 1.82) is 0 Å². The lowest BCUT2D eigenvalue weighted by Gasteiger charge is -2.13. The van der Waals surface area contributed by atoms with Crippen molar-refractivity contribution >= 4 is 29.2 Å². The van der Waals surface area contributed by atoms with Crippen molar-refractivity contribution in [3.8, 4) is 5.75 Å². The Morgan fingerprint density at radius 3 is 2.57 bits per heavy atom. The fourth-order valence-corrected chi connectivity index (χ4v) is 2.52. The summed E-state index contributed by atoms with van der Waals surface area (Å²) in [6.45, 7) is 4.20. The molecule has 0 aliphatic carbocycles. The van der Waals surface area contributed by atoms with Crippen LogP contribution in [0.25, 0.3) is 0 Å². The molecule has 1 N–H and O–H groups in total. The molecule has 0 radical (unpaired) electrons. The third-order valence-corrected chi connectivity index (χ3v) is 3.61. The Morgan fingerprint density at radius 2 is 1.90 bits per heavy atom. The van der Waals surface area contributed by atoms with Gasteiger partial charge in [-0.15, -0.1) is 0 Å². The summed E-state index contributed by atoms with van der Waals surface area (Å²) >= 11 is 11.9. The fraction of sp³-hybridized carbons (Fsp3) is 0.188. The molecule has 5 heteroatoms. The molecule has 0 atom stereocenters. The number of halogens is 2. The van der Waals surface area contributed by atoms with E-state index < -0.39 is 5.97 Å². The molecule has 0 aliphatic heterocycles. The number of carboxylic acids is 1. The number of benzene rings is 2. The monoisotopic (exact) mass is 324 g/mol. The highest BCUT2D eigenvalue weighted by Gasteiger charge is 2.17. The van der Waals surface area contributed by atoms with Gasteiger partial charge in [0.25, 0.3) is 0 Å². The van der Waals surface area contributed by atoms with Crippen LogP contribution in [0.2, 0.25) is 10.0 Å². The van der Waals surface area contributed by atoms with Gasteiger partial charge in [-0.1, -0.05) is 47.0 Å². The minimum absolute atomic E-state index is 0.0437. The van der Waals surface area contributed by atoms with Crippen molar-refractivity contribution < 1.29 is 14.6 Å². The van der Waals surface area contributed by atoms with E-state index in [9.17, 15) is 9.90 Å². The smallest absolute Gasteiger partial charge is 0.339 e. The van der Waals surface area contributed by atoms with E-state index in [1.54, 1.807) is 0 Å². The zero-order valence-corrected chi connectivity index (χ0v) is 13.1. The van der Waals surface area contributed by atoms with Crippen LogP contribution in [0, 0.1) is 13.8 Å². The number of rotatable bonds is 4. The van der Waals surface area contributed by atoms with Gasteiger partial charge in [-0.25, -0.2) is 4.79 Å². The van der Waals surface area contributed by atoms with Gasteiger partial charge >= 0.3 is 5.97 Å². The molecule has 0 heterocycles. The second-order valence-electron chi connectivity index (χ2n) is 4.79. The molecule has 0 aliphatic rings. The van der Waals surface area contributed by atoms with Gasteiger partial charge in [0.2, 0.25) is 0 Å². The molecular weight excluding hydrogens is 311 g/mol. The Hall–Kier alpha value is -1.71. The minimum Gasteiger partial charge on any atom is -0.486 e. The Kier molecular flexibility index (Phi) is 4.76. The largest absolute Gasteiger partial charge is 0.486 e. The van der Waals surface area contributed by atoms with E-state index in [1.165, 1.54) is 12.1 Å². The molecule has 3 nitrogen and oxygen atoms in total. The van der Waals surface area contributed by atoms with E-state index in [-0.39, 0.29) is 28.0 Å². The van der Waals surface area contributed by atoms with Crippen molar-refractivity contribution in [2.24, 2.45) is 0 Å². The zero-order valence-electron chi connectivity index (χ0n) is 11.6. The van der Waals surface area contributed by atoms with Crippen molar-refractivity contribution in [2.75, 3.05) is 0 Å². The maximum Gasteiger partial charge on any atom is 0.339 e. The number of ether oxygens (including phenoxy) is 1. The average Bonchev–Trinajstić information content (AvgIpc) is 2.40. The van der Waals surface area contributed by atoms with Crippen LogP contribution in [-0.2, 0) is 6.61 Å². The standard InChI is InChI=1S/C16H14Cl2O3/c1-9-3-4-10(2)11(5-9)8-21-15-13(16(19)20)6-12(17)7-14(15)18/h3-7H,8H2,1-2H3,(H,19,20). The van der Waals surface area contributed by atoms with E-state index in [0.717, 1.165) is 16.7 Å². The first kappa shape index (κ1) is 15.7. The first-order chi connectivity index (χ1) is 9.88. The van der Waals surface area contributed by atoms with Crippen molar-refractivity contribution in [2.45, 2.75) is 20.5 Å². The van der Waals surface area contributed by atoms with Crippen LogP contribution in [0.1, 0.15) is 27.0 Å². The zero-order chi connectivity index (χ0) is 15.6. The summed E-state index contributed by atoms with van der Waals surface area (Å²) in [6, 6.07) is 8.80. The van der Waals surface area contributed by atoms with Crippen LogP contribution in [0.4, 0.5) is 0 Å². The molecule has 0 saturated heterocycles. The van der Waals surface area contributed by atoms with Gasteiger partial charge in [-0.2, -0.15) is 0 Å². The van der Waals surface area contributed by atoms with Gasteiger partial charge in [-0.3, -0.25) is 0 Å². The van der Waals surface area contributed by atoms with Crippen LogP contribution in [0.5, 0.6) is 5.75 Å². The number of carbonyl (C=O) groups is 1. The molecule has 0 fully saturated rings. The number of aryl methyl sites for hydroxylation is 2. The van der Waals surface area contributed by atoms with Crippen LogP contribution in [0.15, 0.2) is 30.3 Å². The van der Waals surface area contributed by atoms with Gasteiger partial charge in [0.15, 0.2) is 5.75 Å². The summed E-state index contributed by atoms with van der Waals surface area (Å²) in [5.74, 6) is -0.996. The van der Waals surface area contributed by atoms with E-state index in [1.807, 2.05) is 32.0 Å². The molecule has 0 bridgehead atoms. The van der Waals surface area contributed by atoms with Crippen molar-refractivity contribution in [3.05, 3.63) is 62.6 Å². The SMILES string of the molecule is Cc1ccc(C)c(COc2c(Cl)cc(Cl)cc2C(=O)O)c1. The lowest BCUT2D eigenvalue weighted by molar-refractivity contribution is 0.0691. The molecule has 0 saturated carbocycles. The predicted molar refractivity (Wildman–Crippen MR) is 83.7 cm³/mol. The van der Waals surface area contributed by atoms with Gasteiger partial charge in [-0.05, 0) is 37.1 Å². The summed E-state index contributed by atoms with van der Waals surface area (Å²) in [7, 11) is 0. The topological polar surface area (TPSA) is 46.5 Å². The number of hydrogen-bond acceptors (Lipinski definition) is 2. The Labute approximate surface area is 133 Å². The summed E-state index contributed by atoms with van der Waals surface area (Å²) in [6.07, 6.45) is 0. The molecule has 2 aromatic carbocycles. The van der Waals surface area contributed by atoms with E-state index in [0.29, 0.717) is 0 Å². The molecule has 21 heavy (non-hydrogen) atoms. The van der Waals surface area contributed by atoms with Gasteiger partial charge in [0.1, 0.15) is 12.2 Å². The second-order valence-corrected chi connectivity index (χ2v) is 5.63. The minimum atomic E-state index is -1.13. The van der Waals surface area contributed by atoms with Gasteiger partial charge in [0, 0.05) is 5.02 Å². The first-order valence-electron chi connectivity index (χ1n) is 6.29. The Morgan fingerprint density at radius 1 is 1.19 bits per heavy atom. The highest BCUT2D eigenvalue weighted by atomic mass is 35.5. The van der Waals surface area contributed by atoms with Gasteiger partial charge < -0.3 is 9.84 Å². The quantitative estimate of drug-likeness (QED) is 0.871. The summed E-state index contributed by atoms with van der Waals surface area (Å²) in [5.41, 5.74) is 3.12. The first-order valence-corrected chi connectivity index (χ1v) is 7.05. The summed E-state index contributed by atoms with van der Waals surface area (Å²) in [5, 5.41) is 9.66. The summed E-state index contributed by atoms with van der Waals surface area (Å²) < 4.78 is 5.63. The summed E-state index contributed by atoms with van der Waals surface area (Å²) in [4.78, 5) is 11.3. The van der Waals surface area contributed by atoms with Crippen LogP contribution in [0.3, 0.4) is 0 Å². The lowest BCUT2D eigenvalue weighted by atomic mass is 10.1. The molecule has 2 aromatic rings. The van der Waals surface area contributed by atoms with Crippen molar-refractivity contribution in [1.82, 2.24) is 0 Å². The highest BCUT2D eigenvalue weighted by Crippen LogP contribution is 2.33. The third kappa shape index (κ3) is 3.69. The molecule has 0 spiro atoms. The van der Waals surface area contributed by atoms with E-state index in [2.05, 4.69) is 0 Å². The molecule has 0 amide bonds. The highest BCUT2D eigenvalue weighted by molar-refractivity contribution is 6.36. The maximum absolute atomic E-state index is 11.3. The van der Waals surface area contributed by atoms with E-state index in [4.69, 9.17) is 27.9 Å². The second kappa shape index (κ2) is 6.37. The third-order valence-electron chi connectivity index (χ3n) is 3.12. The average molecular weight is 325 g/mol. The Balaban J connectivity index is 2.32. The number of carboxylic acid groups (broad SMARTS) is 1. The van der Waals surface area contributed by atoms with Crippen molar-refractivity contribution in [3.63, 3.8) is 0 Å².